The first kappa shape index (κ1) is 28.4. The molecule has 0 aliphatic rings. The average Bonchev–Trinajstić information content (AvgIpc) is 3.29. The van der Waals surface area contributed by atoms with Gasteiger partial charge in [0.1, 0.15) is 0 Å². The molecule has 38 heavy (non-hydrogen) atoms. The number of thiazole rings is 1. The van der Waals surface area contributed by atoms with Crippen LogP contribution in [0.4, 0.5) is 5.13 Å². The van der Waals surface area contributed by atoms with Gasteiger partial charge in [-0.2, -0.15) is 4.31 Å². The molecule has 4 aromatic rings. The topological polar surface area (TPSA) is 83.5 Å². The monoisotopic (exact) mass is 614 g/mol. The van der Waals surface area contributed by atoms with Crippen LogP contribution in [0.2, 0.25) is 0 Å². The van der Waals surface area contributed by atoms with Gasteiger partial charge in [0.15, 0.2) is 5.13 Å². The fourth-order valence-corrected chi connectivity index (χ4v) is 7.32. The Kier molecular flexibility index (Phi) is 8.97. The van der Waals surface area contributed by atoms with Gasteiger partial charge >= 0.3 is 0 Å². The standard InChI is InChI=1S/C28H31BrN4O3S2/c1-19(2)16-32(17-20(3)4)38(35,36)24-11-8-21(9-12-24)27(34)33(18-23-7-5-6-14-30-23)28-31-25-13-10-22(29)15-26(25)37-28/h5-15,19-20H,16-18H2,1-4H3. The smallest absolute Gasteiger partial charge is 0.260 e. The molecule has 0 aliphatic heterocycles. The van der Waals surface area contributed by atoms with Crippen molar-refractivity contribution in [3.8, 4) is 0 Å². The van der Waals surface area contributed by atoms with E-state index in [4.69, 9.17) is 4.98 Å². The van der Waals surface area contributed by atoms with E-state index in [2.05, 4.69) is 20.9 Å². The zero-order valence-electron chi connectivity index (χ0n) is 21.8. The van der Waals surface area contributed by atoms with Gasteiger partial charge in [0.2, 0.25) is 10.0 Å². The van der Waals surface area contributed by atoms with Crippen LogP contribution in [-0.2, 0) is 16.6 Å². The SMILES string of the molecule is CC(C)CN(CC(C)C)S(=O)(=O)c1ccc(C(=O)N(Cc2ccccn2)c2nc3ccc(Br)cc3s2)cc1. The van der Waals surface area contributed by atoms with Crippen LogP contribution in [0.5, 0.6) is 0 Å². The first-order valence-corrected chi connectivity index (χ1v) is 15.5. The number of nitrogens with zero attached hydrogens (tertiary/aromatic N) is 4. The Balaban J connectivity index is 1.67. The van der Waals surface area contributed by atoms with E-state index < -0.39 is 10.0 Å². The van der Waals surface area contributed by atoms with Gasteiger partial charge in [-0.05, 0) is 66.4 Å². The number of hydrogen-bond acceptors (Lipinski definition) is 6. The maximum Gasteiger partial charge on any atom is 0.260 e. The molecule has 0 saturated heterocycles. The number of aromatic nitrogens is 2. The van der Waals surface area contributed by atoms with Gasteiger partial charge < -0.3 is 0 Å². The lowest BCUT2D eigenvalue weighted by molar-refractivity contribution is 0.0984. The van der Waals surface area contributed by atoms with Crippen LogP contribution in [0.1, 0.15) is 43.7 Å². The lowest BCUT2D eigenvalue weighted by Gasteiger charge is -2.26. The lowest BCUT2D eigenvalue weighted by Crippen LogP contribution is -2.37. The molecule has 0 saturated carbocycles. The summed E-state index contributed by atoms with van der Waals surface area (Å²) in [6, 6.07) is 17.5. The molecule has 0 N–H and O–H groups in total. The van der Waals surface area contributed by atoms with Crippen molar-refractivity contribution in [2.24, 2.45) is 11.8 Å². The third-order valence-corrected chi connectivity index (χ3v) is 9.12. The maximum absolute atomic E-state index is 13.8. The van der Waals surface area contributed by atoms with E-state index in [0.29, 0.717) is 23.8 Å². The molecule has 0 bridgehead atoms. The molecule has 4 rings (SSSR count). The van der Waals surface area contributed by atoms with Gasteiger partial charge in [-0.25, -0.2) is 13.4 Å². The number of fused-ring (bicyclic) bond motifs is 1. The first-order valence-electron chi connectivity index (χ1n) is 12.4. The zero-order valence-corrected chi connectivity index (χ0v) is 25.1. The fourth-order valence-electron chi connectivity index (χ4n) is 4.04. The number of carbonyl (C=O) groups is 1. The van der Waals surface area contributed by atoms with Crippen LogP contribution < -0.4 is 4.90 Å². The second kappa shape index (κ2) is 12.0. The second-order valence-electron chi connectivity index (χ2n) is 9.95. The van der Waals surface area contributed by atoms with Gasteiger partial charge in [0.05, 0.1) is 27.4 Å². The number of sulfonamides is 1. The molecule has 2 aromatic carbocycles. The second-order valence-corrected chi connectivity index (χ2v) is 13.8. The normalized spacial score (nSPS) is 12.1. The van der Waals surface area contributed by atoms with E-state index in [1.807, 2.05) is 64.1 Å². The maximum atomic E-state index is 13.8. The van der Waals surface area contributed by atoms with Crippen molar-refractivity contribution in [1.82, 2.24) is 14.3 Å². The van der Waals surface area contributed by atoms with Crippen LogP contribution in [0, 0.1) is 11.8 Å². The van der Waals surface area contributed by atoms with E-state index in [9.17, 15) is 13.2 Å². The first-order chi connectivity index (χ1) is 18.0. The molecule has 7 nitrogen and oxygen atoms in total. The number of amides is 1. The van der Waals surface area contributed by atoms with Crippen LogP contribution in [0.3, 0.4) is 0 Å². The summed E-state index contributed by atoms with van der Waals surface area (Å²) in [6.45, 7) is 9.11. The Bertz CT molecular complexity index is 1490. The molecule has 0 spiro atoms. The Morgan fingerprint density at radius 2 is 1.66 bits per heavy atom. The predicted molar refractivity (Wildman–Crippen MR) is 157 cm³/mol. The minimum absolute atomic E-state index is 0.177. The Labute approximate surface area is 236 Å². The molecule has 0 radical (unpaired) electrons. The van der Waals surface area contributed by atoms with Crippen LogP contribution in [0.15, 0.2) is 76.2 Å². The number of benzene rings is 2. The highest BCUT2D eigenvalue weighted by atomic mass is 79.9. The number of hydrogen-bond donors (Lipinski definition) is 0. The molecule has 0 atom stereocenters. The molecule has 2 aromatic heterocycles. The number of carbonyl (C=O) groups excluding carboxylic acids is 1. The van der Waals surface area contributed by atoms with Crippen LogP contribution in [-0.4, -0.2) is 41.7 Å². The Hall–Kier alpha value is -2.66. The molecule has 0 unspecified atom stereocenters. The number of halogens is 1. The molecule has 0 fully saturated rings. The highest BCUT2D eigenvalue weighted by Gasteiger charge is 2.27. The molecular formula is C28H31BrN4O3S2. The predicted octanol–water partition coefficient (Wildman–Crippen LogP) is 6.60. The number of pyridine rings is 1. The lowest BCUT2D eigenvalue weighted by atomic mass is 10.2. The zero-order chi connectivity index (χ0) is 27.4. The van der Waals surface area contributed by atoms with Crippen LogP contribution in [0.25, 0.3) is 10.2 Å². The van der Waals surface area contributed by atoms with E-state index in [1.54, 1.807) is 23.2 Å². The summed E-state index contributed by atoms with van der Waals surface area (Å²) in [6.07, 6.45) is 1.69. The summed E-state index contributed by atoms with van der Waals surface area (Å²) in [5.74, 6) is 0.108. The van der Waals surface area contributed by atoms with Crippen LogP contribution >= 0.6 is 27.3 Å². The summed E-state index contributed by atoms with van der Waals surface area (Å²) in [5, 5.41) is 0.547. The average molecular weight is 616 g/mol. The van der Waals surface area contributed by atoms with Crippen molar-refractivity contribution in [2.45, 2.75) is 39.1 Å². The van der Waals surface area contributed by atoms with Crippen molar-refractivity contribution < 1.29 is 13.2 Å². The fraction of sp³-hybridized carbons (Fsp3) is 0.321. The van der Waals surface area contributed by atoms with E-state index >= 15 is 0 Å². The van der Waals surface area contributed by atoms with Gasteiger partial charge in [-0.1, -0.05) is 61.0 Å². The summed E-state index contributed by atoms with van der Waals surface area (Å²) in [7, 11) is -3.69. The molecular weight excluding hydrogens is 584 g/mol. The Morgan fingerprint density at radius 3 is 2.26 bits per heavy atom. The number of anilines is 1. The van der Waals surface area contributed by atoms with Crippen molar-refractivity contribution in [1.29, 1.82) is 0 Å². The minimum atomic E-state index is -3.69. The highest BCUT2D eigenvalue weighted by molar-refractivity contribution is 9.10. The molecule has 200 valence electrons. The molecule has 0 aliphatic carbocycles. The van der Waals surface area contributed by atoms with Gasteiger partial charge in [-0.15, -0.1) is 0 Å². The van der Waals surface area contributed by atoms with E-state index in [0.717, 1.165) is 20.4 Å². The number of rotatable bonds is 10. The summed E-state index contributed by atoms with van der Waals surface area (Å²) in [5.41, 5.74) is 1.89. The highest BCUT2D eigenvalue weighted by Crippen LogP contribution is 2.32. The van der Waals surface area contributed by atoms with Crippen molar-refractivity contribution in [3.63, 3.8) is 0 Å². The largest absolute Gasteiger partial charge is 0.278 e. The molecule has 10 heteroatoms. The third kappa shape index (κ3) is 6.66. The Morgan fingerprint density at radius 1 is 0.974 bits per heavy atom. The van der Waals surface area contributed by atoms with Crippen molar-refractivity contribution >= 4 is 58.5 Å². The van der Waals surface area contributed by atoms with Crippen molar-refractivity contribution in [2.75, 3.05) is 18.0 Å². The molecule has 2 heterocycles. The van der Waals surface area contributed by atoms with E-state index in [1.165, 1.54) is 27.8 Å². The third-order valence-electron chi connectivity index (χ3n) is 5.74. The van der Waals surface area contributed by atoms with E-state index in [-0.39, 0.29) is 29.2 Å². The summed E-state index contributed by atoms with van der Waals surface area (Å²) < 4.78 is 30.3. The van der Waals surface area contributed by atoms with Gasteiger partial charge in [0, 0.05) is 29.3 Å². The molecule has 1 amide bonds. The summed E-state index contributed by atoms with van der Waals surface area (Å²) in [4.78, 5) is 24.6. The summed E-state index contributed by atoms with van der Waals surface area (Å²) >= 11 is 4.91. The quantitative estimate of drug-likeness (QED) is 0.201. The van der Waals surface area contributed by atoms with Crippen molar-refractivity contribution in [3.05, 3.63) is 82.6 Å². The minimum Gasteiger partial charge on any atom is -0.278 e. The van der Waals surface area contributed by atoms with Gasteiger partial charge in [-0.3, -0.25) is 14.7 Å². The van der Waals surface area contributed by atoms with Gasteiger partial charge in [0.25, 0.3) is 5.91 Å².